The van der Waals surface area contributed by atoms with Crippen LogP contribution in [0.2, 0.25) is 0 Å². The van der Waals surface area contributed by atoms with Crippen LogP contribution in [0.15, 0.2) is 16.3 Å². The Labute approximate surface area is 130 Å². The van der Waals surface area contributed by atoms with Crippen LogP contribution in [-0.2, 0) is 10.0 Å². The van der Waals surface area contributed by atoms with Crippen molar-refractivity contribution in [3.8, 4) is 0 Å². The van der Waals surface area contributed by atoms with Crippen molar-refractivity contribution in [2.24, 2.45) is 5.73 Å². The standard InChI is InChI=1S/C13H20N2O2S3/c1-2-5-10-6-3-4-9-15(10)20(16,17)12-8-7-11(19-12)13(14)18/h7-8,10H,2-6,9H2,1H3,(H2,14,18). The maximum absolute atomic E-state index is 12.8. The van der Waals surface area contributed by atoms with Crippen molar-refractivity contribution in [1.82, 2.24) is 4.31 Å². The molecule has 0 aliphatic carbocycles. The van der Waals surface area contributed by atoms with E-state index in [2.05, 4.69) is 6.92 Å². The van der Waals surface area contributed by atoms with Crippen LogP contribution < -0.4 is 5.73 Å². The van der Waals surface area contributed by atoms with E-state index in [0.717, 1.165) is 32.1 Å². The van der Waals surface area contributed by atoms with Gasteiger partial charge in [-0.1, -0.05) is 32.0 Å². The van der Waals surface area contributed by atoms with Crippen molar-refractivity contribution in [3.05, 3.63) is 17.0 Å². The molecule has 1 unspecified atom stereocenters. The number of nitrogens with two attached hydrogens (primary N) is 1. The van der Waals surface area contributed by atoms with Crippen LogP contribution >= 0.6 is 23.6 Å². The molecule has 7 heteroatoms. The van der Waals surface area contributed by atoms with Gasteiger partial charge < -0.3 is 5.73 Å². The monoisotopic (exact) mass is 332 g/mol. The summed E-state index contributed by atoms with van der Waals surface area (Å²) in [4.78, 5) is 0.905. The second-order valence-corrected chi connectivity index (χ2v) is 8.68. The number of rotatable bonds is 5. The summed E-state index contributed by atoms with van der Waals surface area (Å²) in [6.45, 7) is 2.71. The molecule has 1 atom stereocenters. The van der Waals surface area contributed by atoms with Gasteiger partial charge in [0.1, 0.15) is 9.20 Å². The lowest BCUT2D eigenvalue weighted by atomic mass is 10.0. The number of hydrogen-bond acceptors (Lipinski definition) is 4. The molecule has 1 saturated heterocycles. The van der Waals surface area contributed by atoms with Crippen LogP contribution in [0.3, 0.4) is 0 Å². The molecular weight excluding hydrogens is 312 g/mol. The minimum Gasteiger partial charge on any atom is -0.389 e. The molecule has 0 radical (unpaired) electrons. The van der Waals surface area contributed by atoms with E-state index in [-0.39, 0.29) is 11.0 Å². The van der Waals surface area contributed by atoms with Crippen molar-refractivity contribution in [2.75, 3.05) is 6.54 Å². The Morgan fingerprint density at radius 2 is 2.25 bits per heavy atom. The highest BCUT2D eigenvalue weighted by Crippen LogP contribution is 2.31. The average molecular weight is 333 g/mol. The third kappa shape index (κ3) is 3.21. The third-order valence-corrected chi connectivity index (χ3v) is 7.47. The fourth-order valence-electron chi connectivity index (χ4n) is 2.62. The number of sulfonamides is 1. The quantitative estimate of drug-likeness (QED) is 0.842. The van der Waals surface area contributed by atoms with Crippen LogP contribution in [0.1, 0.15) is 43.9 Å². The summed E-state index contributed by atoms with van der Waals surface area (Å²) >= 11 is 6.07. The van der Waals surface area contributed by atoms with Crippen molar-refractivity contribution >= 4 is 38.6 Å². The van der Waals surface area contributed by atoms with E-state index >= 15 is 0 Å². The van der Waals surface area contributed by atoms with Crippen molar-refractivity contribution < 1.29 is 8.42 Å². The number of thiophene rings is 1. The lowest BCUT2D eigenvalue weighted by Crippen LogP contribution is -2.43. The Kier molecular flexibility index (Phi) is 5.17. The van der Waals surface area contributed by atoms with Gasteiger partial charge in [0, 0.05) is 12.6 Å². The van der Waals surface area contributed by atoms with Crippen LogP contribution in [0.5, 0.6) is 0 Å². The average Bonchev–Trinajstić information content (AvgIpc) is 2.90. The number of thiocarbonyl (C=S) groups is 1. The molecule has 2 rings (SSSR count). The summed E-state index contributed by atoms with van der Waals surface area (Å²) in [6.07, 6.45) is 4.93. The smallest absolute Gasteiger partial charge is 0.252 e. The molecule has 1 fully saturated rings. The lowest BCUT2D eigenvalue weighted by molar-refractivity contribution is 0.240. The van der Waals surface area contributed by atoms with E-state index < -0.39 is 10.0 Å². The highest BCUT2D eigenvalue weighted by atomic mass is 32.2. The summed E-state index contributed by atoms with van der Waals surface area (Å²) < 4.78 is 27.5. The zero-order chi connectivity index (χ0) is 14.8. The van der Waals surface area contributed by atoms with Crippen molar-refractivity contribution in [2.45, 2.75) is 49.3 Å². The maximum atomic E-state index is 12.8. The van der Waals surface area contributed by atoms with E-state index in [9.17, 15) is 8.42 Å². The molecule has 1 aliphatic heterocycles. The first kappa shape index (κ1) is 15.9. The van der Waals surface area contributed by atoms with Gasteiger partial charge in [-0.05, 0) is 31.4 Å². The molecule has 0 spiro atoms. The minimum atomic E-state index is -3.41. The third-order valence-electron chi connectivity index (χ3n) is 3.58. The first-order valence-electron chi connectivity index (χ1n) is 6.88. The Morgan fingerprint density at radius 1 is 1.50 bits per heavy atom. The minimum absolute atomic E-state index is 0.133. The van der Waals surface area contributed by atoms with Gasteiger partial charge in [0.05, 0.1) is 4.88 Å². The molecule has 1 aliphatic rings. The molecule has 2 N–H and O–H groups in total. The van der Waals surface area contributed by atoms with Gasteiger partial charge in [-0.2, -0.15) is 4.31 Å². The summed E-state index contributed by atoms with van der Waals surface area (Å²) in [7, 11) is -3.41. The van der Waals surface area contributed by atoms with Gasteiger partial charge in [0.2, 0.25) is 0 Å². The van der Waals surface area contributed by atoms with Crippen molar-refractivity contribution in [1.29, 1.82) is 0 Å². The van der Waals surface area contributed by atoms with Crippen LogP contribution in [0.25, 0.3) is 0 Å². The highest BCUT2D eigenvalue weighted by Gasteiger charge is 2.33. The maximum Gasteiger partial charge on any atom is 0.252 e. The fraction of sp³-hybridized carbons (Fsp3) is 0.615. The van der Waals surface area contributed by atoms with Gasteiger partial charge in [-0.15, -0.1) is 11.3 Å². The molecule has 0 saturated carbocycles. The molecular formula is C13H20N2O2S3. The lowest BCUT2D eigenvalue weighted by Gasteiger charge is -2.34. The molecule has 1 aromatic rings. The van der Waals surface area contributed by atoms with Crippen LogP contribution in [0, 0.1) is 0 Å². The zero-order valence-corrected chi connectivity index (χ0v) is 14.0. The normalized spacial score (nSPS) is 20.9. The van der Waals surface area contributed by atoms with Crippen molar-refractivity contribution in [3.63, 3.8) is 0 Å². The molecule has 112 valence electrons. The molecule has 2 heterocycles. The molecule has 0 bridgehead atoms. The van der Waals surface area contributed by atoms with Gasteiger partial charge >= 0.3 is 0 Å². The summed E-state index contributed by atoms with van der Waals surface area (Å²) in [6, 6.07) is 3.44. The molecule has 1 aromatic heterocycles. The summed E-state index contributed by atoms with van der Waals surface area (Å²) in [5.41, 5.74) is 5.56. The van der Waals surface area contributed by atoms with E-state index in [1.807, 2.05) is 0 Å². The largest absolute Gasteiger partial charge is 0.389 e. The number of piperidine rings is 1. The molecule has 20 heavy (non-hydrogen) atoms. The van der Waals surface area contributed by atoms with Gasteiger partial charge in [0.15, 0.2) is 0 Å². The fourth-order valence-corrected chi connectivity index (χ4v) is 5.82. The Morgan fingerprint density at radius 3 is 2.85 bits per heavy atom. The van der Waals surface area contributed by atoms with E-state index in [0.29, 0.717) is 15.6 Å². The zero-order valence-electron chi connectivity index (χ0n) is 11.5. The van der Waals surface area contributed by atoms with E-state index in [1.54, 1.807) is 16.4 Å². The topological polar surface area (TPSA) is 63.4 Å². The number of nitrogens with zero attached hydrogens (tertiary/aromatic N) is 1. The van der Waals surface area contributed by atoms with E-state index in [1.165, 1.54) is 11.3 Å². The first-order valence-corrected chi connectivity index (χ1v) is 9.54. The summed E-state index contributed by atoms with van der Waals surface area (Å²) in [5.74, 6) is 0. The van der Waals surface area contributed by atoms with Gasteiger partial charge in [-0.3, -0.25) is 0 Å². The predicted octanol–water partition coefficient (Wildman–Crippen LogP) is 2.73. The SMILES string of the molecule is CCCC1CCCCN1S(=O)(=O)c1ccc(C(N)=S)s1. The van der Waals surface area contributed by atoms with Crippen LogP contribution in [0.4, 0.5) is 0 Å². The molecule has 0 amide bonds. The Balaban J connectivity index is 2.29. The second kappa shape index (κ2) is 6.51. The number of hydrogen-bond donors (Lipinski definition) is 1. The Bertz CT molecular complexity index is 578. The second-order valence-electron chi connectivity index (χ2n) is 5.04. The van der Waals surface area contributed by atoms with Gasteiger partial charge in [0.25, 0.3) is 10.0 Å². The summed E-state index contributed by atoms with van der Waals surface area (Å²) in [5, 5.41) is 0. The predicted molar refractivity (Wildman–Crippen MR) is 86.6 cm³/mol. The van der Waals surface area contributed by atoms with E-state index in [4.69, 9.17) is 18.0 Å². The molecule has 4 nitrogen and oxygen atoms in total. The Hall–Kier alpha value is -0.500. The first-order chi connectivity index (χ1) is 9.46. The highest BCUT2D eigenvalue weighted by molar-refractivity contribution is 7.91. The molecule has 0 aromatic carbocycles. The van der Waals surface area contributed by atoms with Crippen LogP contribution in [-0.4, -0.2) is 30.3 Å². The van der Waals surface area contributed by atoms with Gasteiger partial charge in [-0.25, -0.2) is 8.42 Å².